The van der Waals surface area contributed by atoms with Crippen molar-refractivity contribution < 1.29 is 28.4 Å². The fraction of sp³-hybridized carbons (Fsp3) is 0.333. The molecule has 6 nitrogen and oxygen atoms in total. The molecule has 0 N–H and O–H groups in total. The molecular formula is C18H14O6S3. The molecule has 3 aromatic rings. The van der Waals surface area contributed by atoms with Crippen molar-refractivity contribution in [2.75, 3.05) is 19.8 Å². The van der Waals surface area contributed by atoms with Crippen molar-refractivity contribution in [3.8, 4) is 34.5 Å². The van der Waals surface area contributed by atoms with Crippen LogP contribution in [0.15, 0.2) is 26.9 Å². The summed E-state index contributed by atoms with van der Waals surface area (Å²) in [7, 11) is 0. The highest BCUT2D eigenvalue weighted by molar-refractivity contribution is 7.10. The largest absolute Gasteiger partial charge is 0.485 e. The van der Waals surface area contributed by atoms with E-state index in [2.05, 4.69) is 0 Å². The molecule has 0 saturated heterocycles. The van der Waals surface area contributed by atoms with Crippen molar-refractivity contribution in [1.29, 1.82) is 0 Å². The zero-order chi connectivity index (χ0) is 17.8. The van der Waals surface area contributed by atoms with E-state index < -0.39 is 0 Å². The molecule has 3 aromatic heterocycles. The van der Waals surface area contributed by atoms with Crippen molar-refractivity contribution in [2.45, 2.75) is 18.3 Å². The standard InChI is InChI=1S/C18H14O6S3/c1-9(22-14-6-25-4-12(14)19-1)10-2-21-17-16(23-10)8-27-18(17)11-3-20-13-5-26-7-15(13)24-11/h4-11H,1-3H2. The Labute approximate surface area is 166 Å². The van der Waals surface area contributed by atoms with Gasteiger partial charge in [-0.25, -0.2) is 0 Å². The number of thiophene rings is 3. The summed E-state index contributed by atoms with van der Waals surface area (Å²) in [5.41, 5.74) is 0. The minimum absolute atomic E-state index is 0.191. The van der Waals surface area contributed by atoms with Crippen LogP contribution in [0, 0.1) is 0 Å². The molecule has 3 unspecified atom stereocenters. The zero-order valence-corrected chi connectivity index (χ0v) is 16.4. The van der Waals surface area contributed by atoms with E-state index in [1.54, 1.807) is 34.0 Å². The zero-order valence-electron chi connectivity index (χ0n) is 13.9. The Morgan fingerprint density at radius 1 is 0.630 bits per heavy atom. The number of hydrogen-bond donors (Lipinski definition) is 0. The lowest BCUT2D eigenvalue weighted by molar-refractivity contribution is -0.0306. The van der Waals surface area contributed by atoms with E-state index in [4.69, 9.17) is 28.4 Å². The van der Waals surface area contributed by atoms with Crippen LogP contribution in [-0.2, 0) is 0 Å². The maximum absolute atomic E-state index is 6.18. The molecule has 3 atom stereocenters. The fourth-order valence-corrected chi connectivity index (χ4v) is 5.57. The van der Waals surface area contributed by atoms with E-state index >= 15 is 0 Å². The Morgan fingerprint density at radius 2 is 1.26 bits per heavy atom. The summed E-state index contributed by atoms with van der Waals surface area (Å²) in [5.74, 6) is 4.64. The molecule has 3 aliphatic heterocycles. The van der Waals surface area contributed by atoms with E-state index in [1.807, 2.05) is 26.9 Å². The van der Waals surface area contributed by atoms with Crippen molar-refractivity contribution in [3.05, 3.63) is 31.8 Å². The van der Waals surface area contributed by atoms with Gasteiger partial charge in [-0.3, -0.25) is 0 Å². The molecule has 0 saturated carbocycles. The fourth-order valence-electron chi connectivity index (χ4n) is 3.30. The van der Waals surface area contributed by atoms with E-state index in [0.29, 0.717) is 19.8 Å². The molecule has 0 bridgehead atoms. The first-order valence-corrected chi connectivity index (χ1v) is 11.2. The highest BCUT2D eigenvalue weighted by Crippen LogP contribution is 2.48. The smallest absolute Gasteiger partial charge is 0.179 e. The highest BCUT2D eigenvalue weighted by atomic mass is 32.1. The first kappa shape index (κ1) is 15.9. The average molecular weight is 423 g/mol. The normalized spacial score (nSPS) is 25.3. The number of rotatable bonds is 2. The summed E-state index contributed by atoms with van der Waals surface area (Å²) in [6, 6.07) is 0. The summed E-state index contributed by atoms with van der Waals surface area (Å²) < 4.78 is 35.9. The van der Waals surface area contributed by atoms with Gasteiger partial charge in [-0.05, 0) is 0 Å². The summed E-state index contributed by atoms with van der Waals surface area (Å²) in [6.45, 7) is 1.32. The van der Waals surface area contributed by atoms with E-state index in [1.165, 1.54) is 0 Å². The molecule has 0 aliphatic carbocycles. The molecule has 6 heterocycles. The van der Waals surface area contributed by atoms with Gasteiger partial charge in [0.15, 0.2) is 52.8 Å². The second-order valence-corrected chi connectivity index (χ2v) is 8.74. The van der Waals surface area contributed by atoms with Crippen LogP contribution in [0.25, 0.3) is 0 Å². The second-order valence-electron chi connectivity index (χ2n) is 6.35. The quantitative estimate of drug-likeness (QED) is 0.612. The average Bonchev–Trinajstić information content (AvgIpc) is 3.44. The van der Waals surface area contributed by atoms with Crippen LogP contribution in [0.4, 0.5) is 0 Å². The molecule has 27 heavy (non-hydrogen) atoms. The molecule has 0 amide bonds. The predicted octanol–water partition coefficient (Wildman–Crippen LogP) is 4.36. The third-order valence-electron chi connectivity index (χ3n) is 4.64. The lowest BCUT2D eigenvalue weighted by Gasteiger charge is -2.34. The van der Waals surface area contributed by atoms with Crippen LogP contribution in [0.5, 0.6) is 34.5 Å². The SMILES string of the molecule is c1scc2c1OCC(c1scc3c1OCC(C1COc4cscc4O1)O3)O2. The predicted molar refractivity (Wildman–Crippen MR) is 102 cm³/mol. The highest BCUT2D eigenvalue weighted by Gasteiger charge is 2.38. The van der Waals surface area contributed by atoms with Gasteiger partial charge in [0.25, 0.3) is 0 Å². The molecule has 0 radical (unpaired) electrons. The van der Waals surface area contributed by atoms with Gasteiger partial charge in [0.1, 0.15) is 19.8 Å². The number of ether oxygens (including phenoxy) is 6. The lowest BCUT2D eigenvalue weighted by atomic mass is 10.2. The minimum Gasteiger partial charge on any atom is -0.485 e. The van der Waals surface area contributed by atoms with Crippen molar-refractivity contribution in [2.24, 2.45) is 0 Å². The maximum atomic E-state index is 6.18. The molecule has 0 spiro atoms. The van der Waals surface area contributed by atoms with Gasteiger partial charge < -0.3 is 28.4 Å². The van der Waals surface area contributed by atoms with E-state index in [0.717, 1.165) is 39.4 Å². The molecule has 3 aliphatic rings. The molecular weight excluding hydrogens is 408 g/mol. The first-order chi connectivity index (χ1) is 13.3. The van der Waals surface area contributed by atoms with E-state index in [-0.39, 0.29) is 18.3 Å². The Hall–Kier alpha value is -2.10. The van der Waals surface area contributed by atoms with Gasteiger partial charge in [-0.1, -0.05) is 0 Å². The summed E-state index contributed by atoms with van der Waals surface area (Å²) in [5, 5.41) is 9.75. The molecule has 9 heteroatoms. The third kappa shape index (κ3) is 2.64. The Bertz CT molecular complexity index is 976. The van der Waals surface area contributed by atoms with Crippen LogP contribution in [0.2, 0.25) is 0 Å². The first-order valence-electron chi connectivity index (χ1n) is 8.47. The van der Waals surface area contributed by atoms with Crippen LogP contribution in [0.3, 0.4) is 0 Å². The monoisotopic (exact) mass is 422 g/mol. The van der Waals surface area contributed by atoms with Gasteiger partial charge in [-0.2, -0.15) is 0 Å². The van der Waals surface area contributed by atoms with Crippen LogP contribution in [0.1, 0.15) is 11.0 Å². The van der Waals surface area contributed by atoms with Gasteiger partial charge in [0, 0.05) is 26.9 Å². The van der Waals surface area contributed by atoms with Gasteiger partial charge in [-0.15, -0.1) is 34.0 Å². The Kier molecular flexibility index (Phi) is 3.66. The number of hydrogen-bond acceptors (Lipinski definition) is 9. The number of fused-ring (bicyclic) bond motifs is 3. The Balaban J connectivity index is 1.20. The van der Waals surface area contributed by atoms with Crippen LogP contribution < -0.4 is 28.4 Å². The third-order valence-corrected chi connectivity index (χ3v) is 7.08. The molecule has 0 aromatic carbocycles. The lowest BCUT2D eigenvalue weighted by Crippen LogP contribution is -2.47. The van der Waals surface area contributed by atoms with Crippen molar-refractivity contribution >= 4 is 34.0 Å². The maximum Gasteiger partial charge on any atom is 0.179 e. The summed E-state index contributed by atoms with van der Waals surface area (Å²) in [4.78, 5) is 0.987. The topological polar surface area (TPSA) is 55.4 Å². The van der Waals surface area contributed by atoms with Gasteiger partial charge in [0.05, 0.1) is 4.88 Å². The Morgan fingerprint density at radius 3 is 2.07 bits per heavy atom. The van der Waals surface area contributed by atoms with E-state index in [9.17, 15) is 0 Å². The molecule has 6 rings (SSSR count). The van der Waals surface area contributed by atoms with Gasteiger partial charge >= 0.3 is 0 Å². The summed E-state index contributed by atoms with van der Waals surface area (Å²) >= 11 is 4.70. The van der Waals surface area contributed by atoms with Crippen molar-refractivity contribution in [3.63, 3.8) is 0 Å². The van der Waals surface area contributed by atoms with Crippen LogP contribution >= 0.6 is 34.0 Å². The van der Waals surface area contributed by atoms with Crippen molar-refractivity contribution in [1.82, 2.24) is 0 Å². The second kappa shape index (κ2) is 6.22. The van der Waals surface area contributed by atoms with Gasteiger partial charge in [0.2, 0.25) is 0 Å². The molecule has 140 valence electrons. The van der Waals surface area contributed by atoms with Crippen LogP contribution in [-0.4, -0.2) is 32.0 Å². The minimum atomic E-state index is -0.222. The summed E-state index contributed by atoms with van der Waals surface area (Å²) in [6.07, 6.45) is -0.616. The molecule has 0 fully saturated rings.